The number of alkyl halides is 2. The standard InChI is InChI=1S/C17H19F2N5O4.C3H8O2/c1-16(2,14(18)19)28-15(25)26-8-17(7-20)6-5-12(27-17)10-3-4-11-13(21)22-9-23-24(10)11;1-3(2,4)5/h3-4,9,12,14H,5-6,8H2,1-2H3,(H2,21,22,23);4-5H,1-2H3. The summed E-state index contributed by atoms with van der Waals surface area (Å²) in [5.41, 5.74) is 3.67. The Morgan fingerprint density at radius 2 is 2.06 bits per heavy atom. The Morgan fingerprint density at radius 3 is 2.64 bits per heavy atom. The van der Waals surface area contributed by atoms with Gasteiger partial charge in [0, 0.05) is 0 Å². The van der Waals surface area contributed by atoms with Crippen molar-refractivity contribution in [2.24, 2.45) is 0 Å². The van der Waals surface area contributed by atoms with Crippen LogP contribution in [0.25, 0.3) is 5.52 Å². The lowest BCUT2D eigenvalue weighted by Gasteiger charge is -2.25. The van der Waals surface area contributed by atoms with E-state index in [1.165, 1.54) is 20.2 Å². The van der Waals surface area contributed by atoms with Crippen molar-refractivity contribution in [3.63, 3.8) is 0 Å². The molecular formula is C20H27F2N5O6. The number of hydrogen-bond donors (Lipinski definition) is 3. The molecule has 3 rings (SSSR count). The van der Waals surface area contributed by atoms with E-state index in [0.29, 0.717) is 23.4 Å². The summed E-state index contributed by atoms with van der Waals surface area (Å²) in [6, 6.07) is 5.50. The first-order chi connectivity index (χ1) is 15.2. The van der Waals surface area contributed by atoms with Gasteiger partial charge in [0.05, 0.1) is 5.69 Å². The van der Waals surface area contributed by atoms with Gasteiger partial charge in [-0.25, -0.2) is 23.1 Å². The molecule has 182 valence electrons. The number of aliphatic hydroxyl groups is 2. The number of ether oxygens (including phenoxy) is 3. The number of aromatic nitrogens is 3. The zero-order chi connectivity index (χ0) is 25.0. The van der Waals surface area contributed by atoms with Crippen molar-refractivity contribution >= 4 is 17.5 Å². The molecule has 11 nitrogen and oxygen atoms in total. The Morgan fingerprint density at radius 1 is 1.42 bits per heavy atom. The number of nitrogens with zero attached hydrogens (tertiary/aromatic N) is 4. The number of halogens is 2. The highest BCUT2D eigenvalue weighted by atomic mass is 19.3. The Bertz CT molecular complexity index is 1010. The number of nitrogen functional groups attached to an aromatic ring is 1. The largest absolute Gasteiger partial charge is 0.509 e. The maximum Gasteiger partial charge on any atom is 0.509 e. The van der Waals surface area contributed by atoms with Gasteiger partial charge in [0.25, 0.3) is 6.43 Å². The number of fused-ring (bicyclic) bond motifs is 1. The SMILES string of the molecule is CC(C)(O)O.CC(C)(OC(=O)OCC1(C#N)CCC(c2ccc3c(N)ncnn23)O1)C(F)F. The molecule has 1 aliphatic heterocycles. The lowest BCUT2D eigenvalue weighted by Crippen LogP contribution is -2.38. The van der Waals surface area contributed by atoms with Gasteiger partial charge < -0.3 is 30.2 Å². The topological polar surface area (TPSA) is 165 Å². The van der Waals surface area contributed by atoms with Crippen LogP contribution < -0.4 is 5.73 Å². The first-order valence-electron chi connectivity index (χ1n) is 9.93. The summed E-state index contributed by atoms with van der Waals surface area (Å²) in [5, 5.41) is 29.8. The number of carbonyl (C=O) groups excluding carboxylic acids is 1. The Kier molecular flexibility index (Phi) is 7.79. The third-order valence-corrected chi connectivity index (χ3v) is 4.52. The zero-order valence-electron chi connectivity index (χ0n) is 18.7. The van der Waals surface area contributed by atoms with Crippen LogP contribution >= 0.6 is 0 Å². The van der Waals surface area contributed by atoms with E-state index in [1.54, 1.807) is 16.6 Å². The normalized spacial score (nSPS) is 20.8. The fourth-order valence-corrected chi connectivity index (χ4v) is 2.86. The second-order valence-corrected chi connectivity index (χ2v) is 8.49. The molecule has 2 unspecified atom stereocenters. The summed E-state index contributed by atoms with van der Waals surface area (Å²) >= 11 is 0. The van der Waals surface area contributed by atoms with Gasteiger partial charge in [-0.15, -0.1) is 0 Å². The molecule has 13 heteroatoms. The summed E-state index contributed by atoms with van der Waals surface area (Å²) in [5.74, 6) is -1.20. The Balaban J connectivity index is 0.000000696. The van der Waals surface area contributed by atoms with Crippen molar-refractivity contribution in [3.8, 4) is 6.07 Å². The van der Waals surface area contributed by atoms with Crippen LogP contribution in [0.1, 0.15) is 52.3 Å². The first-order valence-corrected chi connectivity index (χ1v) is 9.93. The van der Waals surface area contributed by atoms with E-state index in [9.17, 15) is 18.8 Å². The van der Waals surface area contributed by atoms with E-state index in [1.807, 2.05) is 6.07 Å². The maximum atomic E-state index is 12.8. The summed E-state index contributed by atoms with van der Waals surface area (Å²) in [6.07, 6.45) is -2.62. The van der Waals surface area contributed by atoms with Crippen LogP contribution in [-0.4, -0.2) is 61.0 Å². The molecule has 2 aromatic rings. The minimum atomic E-state index is -2.88. The molecular weight excluding hydrogens is 444 g/mol. The van der Waals surface area contributed by atoms with Gasteiger partial charge in [-0.05, 0) is 52.7 Å². The van der Waals surface area contributed by atoms with Crippen LogP contribution in [0.15, 0.2) is 18.5 Å². The summed E-state index contributed by atoms with van der Waals surface area (Å²) < 4.78 is 42.5. The molecule has 0 amide bonds. The van der Waals surface area contributed by atoms with Gasteiger partial charge in [-0.2, -0.15) is 10.4 Å². The average molecular weight is 471 g/mol. The molecule has 0 radical (unpaired) electrons. The predicted molar refractivity (Wildman–Crippen MR) is 110 cm³/mol. The third kappa shape index (κ3) is 6.95. The summed E-state index contributed by atoms with van der Waals surface area (Å²) in [4.78, 5) is 15.6. The fourth-order valence-electron chi connectivity index (χ4n) is 2.86. The number of nitrogens with two attached hydrogens (primary N) is 1. The number of rotatable bonds is 5. The molecule has 0 saturated carbocycles. The predicted octanol–water partition coefficient (Wildman–Crippen LogP) is 2.33. The average Bonchev–Trinajstić information content (AvgIpc) is 3.30. The van der Waals surface area contributed by atoms with Crippen molar-refractivity contribution in [1.29, 1.82) is 5.26 Å². The van der Waals surface area contributed by atoms with Gasteiger partial charge in [0.15, 0.2) is 22.8 Å². The highest BCUT2D eigenvalue weighted by molar-refractivity contribution is 5.65. The lowest BCUT2D eigenvalue weighted by atomic mass is 10.0. The van der Waals surface area contributed by atoms with Crippen molar-refractivity contribution < 1.29 is 38.0 Å². The second-order valence-electron chi connectivity index (χ2n) is 8.49. The van der Waals surface area contributed by atoms with Crippen molar-refractivity contribution in [1.82, 2.24) is 14.6 Å². The van der Waals surface area contributed by atoms with Crippen molar-refractivity contribution in [3.05, 3.63) is 24.2 Å². The second kappa shape index (κ2) is 9.82. The zero-order valence-corrected chi connectivity index (χ0v) is 18.7. The quantitative estimate of drug-likeness (QED) is 0.435. The van der Waals surface area contributed by atoms with E-state index in [2.05, 4.69) is 14.8 Å². The van der Waals surface area contributed by atoms with Crippen LogP contribution in [0.4, 0.5) is 19.4 Å². The molecule has 1 aliphatic rings. The molecule has 0 aromatic carbocycles. The first kappa shape index (κ1) is 26.2. The van der Waals surface area contributed by atoms with Crippen LogP contribution in [0.5, 0.6) is 0 Å². The van der Waals surface area contributed by atoms with E-state index >= 15 is 0 Å². The molecule has 1 fully saturated rings. The minimum Gasteiger partial charge on any atom is -0.430 e. The molecule has 33 heavy (non-hydrogen) atoms. The highest BCUT2D eigenvalue weighted by Crippen LogP contribution is 2.40. The van der Waals surface area contributed by atoms with E-state index in [4.69, 9.17) is 25.4 Å². The van der Waals surface area contributed by atoms with Gasteiger partial charge in [-0.3, -0.25) is 0 Å². The molecule has 0 aliphatic carbocycles. The van der Waals surface area contributed by atoms with Crippen LogP contribution in [0, 0.1) is 11.3 Å². The van der Waals surface area contributed by atoms with Crippen molar-refractivity contribution in [2.45, 2.75) is 70.1 Å². The van der Waals surface area contributed by atoms with Crippen molar-refractivity contribution in [2.75, 3.05) is 12.3 Å². The number of hydrogen-bond acceptors (Lipinski definition) is 10. The fraction of sp³-hybridized carbons (Fsp3) is 0.600. The lowest BCUT2D eigenvalue weighted by molar-refractivity contribution is -0.127. The maximum absolute atomic E-state index is 12.8. The van der Waals surface area contributed by atoms with E-state index in [0.717, 1.165) is 13.8 Å². The summed E-state index contributed by atoms with van der Waals surface area (Å²) in [7, 11) is 0. The third-order valence-electron chi connectivity index (χ3n) is 4.52. The Labute approximate surface area is 188 Å². The van der Waals surface area contributed by atoms with Gasteiger partial charge in [0.1, 0.15) is 30.6 Å². The van der Waals surface area contributed by atoms with Gasteiger partial charge in [-0.1, -0.05) is 0 Å². The monoisotopic (exact) mass is 471 g/mol. The molecule has 4 N–H and O–H groups in total. The number of carbonyl (C=O) groups is 1. The molecule has 2 atom stereocenters. The molecule has 0 spiro atoms. The number of nitriles is 1. The number of anilines is 1. The molecule has 2 aromatic heterocycles. The summed E-state index contributed by atoms with van der Waals surface area (Å²) in [6.45, 7) is 4.28. The van der Waals surface area contributed by atoms with Crippen LogP contribution in [0.3, 0.4) is 0 Å². The molecule has 0 bridgehead atoms. The van der Waals surface area contributed by atoms with Crippen LogP contribution in [-0.2, 0) is 14.2 Å². The smallest absolute Gasteiger partial charge is 0.430 e. The van der Waals surface area contributed by atoms with Gasteiger partial charge >= 0.3 is 6.16 Å². The van der Waals surface area contributed by atoms with E-state index < -0.39 is 42.3 Å². The van der Waals surface area contributed by atoms with E-state index in [-0.39, 0.29) is 6.42 Å². The van der Waals surface area contributed by atoms with Crippen LogP contribution in [0.2, 0.25) is 0 Å². The Hall–Kier alpha value is -3.08. The molecule has 1 saturated heterocycles. The highest BCUT2D eigenvalue weighted by Gasteiger charge is 2.44. The van der Waals surface area contributed by atoms with Gasteiger partial charge in [0.2, 0.25) is 0 Å². The molecule has 3 heterocycles. The minimum absolute atomic E-state index is 0.271.